The molecule has 0 fully saturated rings. The Hall–Kier alpha value is -6.39. The van der Waals surface area contributed by atoms with E-state index in [1.54, 1.807) is 0 Å². The molecule has 0 unspecified atom stereocenters. The van der Waals surface area contributed by atoms with Crippen molar-refractivity contribution in [2.45, 2.75) is 13.2 Å². The van der Waals surface area contributed by atoms with Crippen LogP contribution in [-0.4, -0.2) is 69.9 Å². The van der Waals surface area contributed by atoms with Gasteiger partial charge in [0.2, 0.25) is 11.3 Å². The standard InChI is InChI=1S/C26H19N5O12/c32-15-1-11-14(2-16(15)33)27-4-12(23(11)38)13-9-42-18-3-17(34)25(40)22(21(18)24(13)39)26(41)43-8-10-6-31(30-29-10)7-19(35)28-5-20(36)37/h1-4,6,9,32-34,40H,5,7-8H2,(H,27,38)(H,28,35)(H,36,37). The number of carbonyl (C=O) groups excluding carboxylic acids is 2. The first kappa shape index (κ1) is 28.1. The number of benzene rings is 2. The fraction of sp³-hybridized carbons (Fsp3) is 0.115. The van der Waals surface area contributed by atoms with E-state index in [2.05, 4.69) is 20.6 Å². The predicted octanol–water partition coefficient (Wildman–Crippen LogP) is 0.273. The number of hydrogen-bond donors (Lipinski definition) is 7. The van der Waals surface area contributed by atoms with Crippen molar-refractivity contribution in [2.24, 2.45) is 0 Å². The third-order valence-electron chi connectivity index (χ3n) is 6.17. The van der Waals surface area contributed by atoms with Gasteiger partial charge in [-0.2, -0.15) is 0 Å². The van der Waals surface area contributed by atoms with Gasteiger partial charge in [0.05, 0.1) is 33.6 Å². The third-order valence-corrected chi connectivity index (χ3v) is 6.17. The lowest BCUT2D eigenvalue weighted by Gasteiger charge is -2.11. The first-order valence-corrected chi connectivity index (χ1v) is 12.1. The van der Waals surface area contributed by atoms with Crippen LogP contribution in [0.25, 0.3) is 33.0 Å². The van der Waals surface area contributed by atoms with Crippen molar-refractivity contribution in [3.05, 3.63) is 68.6 Å². The molecule has 0 aliphatic rings. The number of phenols is 4. The number of rotatable bonds is 8. The monoisotopic (exact) mass is 593 g/mol. The van der Waals surface area contributed by atoms with Crippen LogP contribution in [0, 0.1) is 0 Å². The van der Waals surface area contributed by atoms with Crippen LogP contribution in [0.2, 0.25) is 0 Å². The Labute approximate surface area is 236 Å². The number of carboxylic acids is 1. The van der Waals surface area contributed by atoms with Gasteiger partial charge in [-0.25, -0.2) is 9.48 Å². The zero-order valence-corrected chi connectivity index (χ0v) is 21.5. The van der Waals surface area contributed by atoms with Crippen LogP contribution in [0.1, 0.15) is 16.1 Å². The highest BCUT2D eigenvalue weighted by Crippen LogP contribution is 2.36. The largest absolute Gasteiger partial charge is 0.504 e. The maximum absolute atomic E-state index is 13.6. The van der Waals surface area contributed by atoms with E-state index in [0.717, 1.165) is 35.3 Å². The van der Waals surface area contributed by atoms with Crippen LogP contribution >= 0.6 is 0 Å². The Morgan fingerprint density at radius 2 is 1.74 bits per heavy atom. The molecule has 2 aromatic carbocycles. The number of pyridine rings is 1. The lowest BCUT2D eigenvalue weighted by atomic mass is 10.0. The van der Waals surface area contributed by atoms with Gasteiger partial charge in [0.15, 0.2) is 28.4 Å². The molecule has 0 saturated heterocycles. The maximum atomic E-state index is 13.6. The molecule has 0 atom stereocenters. The van der Waals surface area contributed by atoms with Gasteiger partial charge in [-0.15, -0.1) is 5.10 Å². The minimum absolute atomic E-state index is 0.0352. The summed E-state index contributed by atoms with van der Waals surface area (Å²) in [5.41, 5.74) is -3.17. The van der Waals surface area contributed by atoms with Gasteiger partial charge < -0.3 is 45.0 Å². The summed E-state index contributed by atoms with van der Waals surface area (Å²) in [7, 11) is 0. The number of aromatic amines is 1. The van der Waals surface area contributed by atoms with Crippen LogP contribution in [0.5, 0.6) is 23.0 Å². The highest BCUT2D eigenvalue weighted by atomic mass is 16.5. The number of aliphatic carboxylic acids is 1. The summed E-state index contributed by atoms with van der Waals surface area (Å²) in [5.74, 6) is -6.08. The van der Waals surface area contributed by atoms with E-state index in [1.165, 1.54) is 6.20 Å². The summed E-state index contributed by atoms with van der Waals surface area (Å²) in [5, 5.41) is 57.8. The van der Waals surface area contributed by atoms with E-state index in [0.29, 0.717) is 0 Å². The molecule has 0 aliphatic heterocycles. The fourth-order valence-electron chi connectivity index (χ4n) is 4.16. The zero-order valence-electron chi connectivity index (χ0n) is 21.5. The molecule has 5 rings (SSSR count). The predicted molar refractivity (Wildman–Crippen MR) is 142 cm³/mol. The Morgan fingerprint density at radius 1 is 1.00 bits per heavy atom. The summed E-state index contributed by atoms with van der Waals surface area (Å²) in [6.45, 7) is -1.54. The number of carboxylic acid groups (broad SMARTS) is 1. The number of phenolic OH excluding ortho intramolecular Hbond substituents is 4. The lowest BCUT2D eigenvalue weighted by Crippen LogP contribution is -2.32. The average Bonchev–Trinajstić information content (AvgIpc) is 3.40. The molecule has 0 spiro atoms. The van der Waals surface area contributed by atoms with Crippen LogP contribution < -0.4 is 16.2 Å². The summed E-state index contributed by atoms with van der Waals surface area (Å²) < 4.78 is 11.6. The summed E-state index contributed by atoms with van der Waals surface area (Å²) >= 11 is 0. The third kappa shape index (κ3) is 5.36. The van der Waals surface area contributed by atoms with Crippen molar-refractivity contribution in [1.82, 2.24) is 25.3 Å². The van der Waals surface area contributed by atoms with Crippen LogP contribution in [0.4, 0.5) is 0 Å². The molecule has 0 aliphatic carbocycles. The highest BCUT2D eigenvalue weighted by Gasteiger charge is 2.26. The number of amides is 1. The van der Waals surface area contributed by atoms with Gasteiger partial charge in [-0.3, -0.25) is 19.2 Å². The number of hydrogen-bond acceptors (Lipinski definition) is 13. The Morgan fingerprint density at radius 3 is 2.49 bits per heavy atom. The minimum atomic E-state index is -1.29. The Kier molecular flexibility index (Phi) is 7.12. The number of aromatic nitrogens is 4. The molecule has 220 valence electrons. The molecule has 7 N–H and O–H groups in total. The Balaban J connectivity index is 1.48. The second kappa shape index (κ2) is 10.9. The lowest BCUT2D eigenvalue weighted by molar-refractivity contribution is -0.138. The van der Waals surface area contributed by atoms with E-state index in [4.69, 9.17) is 14.3 Å². The van der Waals surface area contributed by atoms with Gasteiger partial charge in [-0.05, 0) is 6.07 Å². The normalized spacial score (nSPS) is 11.1. The Bertz CT molecular complexity index is 2080. The SMILES string of the molecule is O=C(O)CNC(=O)Cn1cc(COC(=O)c2c(O)c(O)cc3occ(-c4c[nH]c5cc(O)c(O)cc5c4=O)c(=O)c23)nn1. The number of ether oxygens (including phenoxy) is 1. The number of fused-ring (bicyclic) bond motifs is 2. The first-order valence-electron chi connectivity index (χ1n) is 12.1. The summed E-state index contributed by atoms with van der Waals surface area (Å²) in [6.07, 6.45) is 3.30. The van der Waals surface area contributed by atoms with Crippen molar-refractivity contribution in [1.29, 1.82) is 0 Å². The number of nitrogens with one attached hydrogen (secondary N) is 2. The van der Waals surface area contributed by atoms with Crippen molar-refractivity contribution in [3.63, 3.8) is 0 Å². The van der Waals surface area contributed by atoms with Crippen LogP contribution in [0.15, 0.2) is 50.9 Å². The molecule has 5 aromatic rings. The van der Waals surface area contributed by atoms with E-state index in [1.807, 2.05) is 0 Å². The van der Waals surface area contributed by atoms with E-state index in [-0.39, 0.29) is 39.9 Å². The molecule has 3 aromatic heterocycles. The van der Waals surface area contributed by atoms with Gasteiger partial charge in [0, 0.05) is 18.3 Å². The smallest absolute Gasteiger partial charge is 0.343 e. The van der Waals surface area contributed by atoms with Gasteiger partial charge in [0.1, 0.15) is 42.8 Å². The zero-order chi connectivity index (χ0) is 31.0. The molecule has 0 radical (unpaired) electrons. The minimum Gasteiger partial charge on any atom is -0.504 e. The van der Waals surface area contributed by atoms with E-state index in [9.17, 15) is 44.4 Å². The van der Waals surface area contributed by atoms with Crippen molar-refractivity contribution in [2.75, 3.05) is 6.54 Å². The molecule has 17 heteroatoms. The highest BCUT2D eigenvalue weighted by molar-refractivity contribution is 6.07. The van der Waals surface area contributed by atoms with Gasteiger partial charge >= 0.3 is 11.9 Å². The van der Waals surface area contributed by atoms with Crippen molar-refractivity contribution >= 4 is 39.7 Å². The molecule has 17 nitrogen and oxygen atoms in total. The molecule has 0 saturated carbocycles. The summed E-state index contributed by atoms with van der Waals surface area (Å²) in [4.78, 5) is 64.9. The van der Waals surface area contributed by atoms with Crippen molar-refractivity contribution in [3.8, 4) is 34.1 Å². The number of esters is 1. The molecule has 43 heavy (non-hydrogen) atoms. The number of nitrogens with zero attached hydrogens (tertiary/aromatic N) is 3. The topological polar surface area (TPSA) is 267 Å². The molecular formula is C26H19N5O12. The number of H-pyrrole nitrogens is 1. The summed E-state index contributed by atoms with van der Waals surface area (Å²) in [6, 6.07) is 3.00. The molecule has 0 bridgehead atoms. The number of carbonyl (C=O) groups is 3. The molecular weight excluding hydrogens is 574 g/mol. The van der Waals surface area contributed by atoms with Crippen molar-refractivity contribution < 1.29 is 49.1 Å². The second-order valence-corrected chi connectivity index (χ2v) is 9.04. The average molecular weight is 593 g/mol. The van der Waals surface area contributed by atoms with E-state index >= 15 is 0 Å². The number of aromatic hydroxyl groups is 4. The van der Waals surface area contributed by atoms with E-state index < -0.39 is 75.8 Å². The maximum Gasteiger partial charge on any atom is 0.343 e. The van der Waals surface area contributed by atoms with Gasteiger partial charge in [0.25, 0.3) is 0 Å². The second-order valence-electron chi connectivity index (χ2n) is 9.04. The molecule has 3 heterocycles. The van der Waals surface area contributed by atoms with Crippen LogP contribution in [-0.2, 0) is 27.5 Å². The van der Waals surface area contributed by atoms with Crippen LogP contribution in [0.3, 0.4) is 0 Å². The fourth-order valence-corrected chi connectivity index (χ4v) is 4.16. The quantitative estimate of drug-likeness (QED) is 0.0940. The molecule has 1 amide bonds. The first-order chi connectivity index (χ1) is 20.4. The van der Waals surface area contributed by atoms with Gasteiger partial charge in [-0.1, -0.05) is 5.21 Å².